The minimum atomic E-state index is -1.04. The van der Waals surface area contributed by atoms with Crippen LogP contribution in [0.2, 0.25) is 0 Å². The molecule has 0 spiro atoms. The highest BCUT2D eigenvalue weighted by Crippen LogP contribution is 2.39. The summed E-state index contributed by atoms with van der Waals surface area (Å²) in [7, 11) is 1.31. The molecule has 0 radical (unpaired) electrons. The quantitative estimate of drug-likeness (QED) is 0.286. The Balaban J connectivity index is 0.000000218. The van der Waals surface area contributed by atoms with Crippen molar-refractivity contribution in [3.8, 4) is 0 Å². The number of methoxy groups -OCH3 is 1. The summed E-state index contributed by atoms with van der Waals surface area (Å²) in [5.41, 5.74) is 0.398. The normalized spacial score (nSPS) is 23.8. The Labute approximate surface area is 332 Å². The van der Waals surface area contributed by atoms with Gasteiger partial charge in [0, 0.05) is 26.2 Å². The van der Waals surface area contributed by atoms with Gasteiger partial charge in [-0.25, -0.2) is 19.2 Å². The van der Waals surface area contributed by atoms with E-state index in [4.69, 9.17) is 23.7 Å². The standard InChI is InChI=1S/C21H28N2O6.C20H26N2O6/c1-21(2,3)29-20(26)22-11-10-16-17(22)15(18(24)27-4)12-23(16)19(25)28-13-14-8-6-5-7-9-14;1-20(2,3)28-19(26)21-10-9-15-16(21)14(17(23)24)11-22(15)18(25)27-12-13-7-5-4-6-8-13/h5-9,15-17H,10-13H2,1-4H3;4-8,14-16H,9-12H2,1-3H3,(H,23,24)/t15-,16-,17-;14-,15+,16+/m10/s1. The van der Waals surface area contributed by atoms with Crippen LogP contribution in [0.4, 0.5) is 19.2 Å². The van der Waals surface area contributed by atoms with Crippen LogP contribution in [-0.4, -0.2) is 130 Å². The molecular formula is C41H54N4O12. The summed E-state index contributed by atoms with van der Waals surface area (Å²) in [4.78, 5) is 80.7. The number of esters is 1. The molecule has 57 heavy (non-hydrogen) atoms. The van der Waals surface area contributed by atoms with Crippen molar-refractivity contribution < 1.29 is 57.6 Å². The van der Waals surface area contributed by atoms with Gasteiger partial charge in [-0.3, -0.25) is 9.59 Å². The van der Waals surface area contributed by atoms with E-state index in [-0.39, 0.29) is 32.3 Å². The van der Waals surface area contributed by atoms with E-state index in [1.807, 2.05) is 60.7 Å². The van der Waals surface area contributed by atoms with Crippen LogP contribution in [0.5, 0.6) is 0 Å². The first kappa shape index (κ1) is 42.6. The lowest BCUT2D eigenvalue weighted by atomic mass is 10.00. The first-order chi connectivity index (χ1) is 26.9. The highest BCUT2D eigenvalue weighted by Gasteiger charge is 2.57. The highest BCUT2D eigenvalue weighted by atomic mass is 16.6. The summed E-state index contributed by atoms with van der Waals surface area (Å²) in [5.74, 6) is -2.99. The van der Waals surface area contributed by atoms with Gasteiger partial charge >= 0.3 is 36.3 Å². The molecule has 2 aromatic rings. The predicted octanol–water partition coefficient (Wildman–Crippen LogP) is 5.52. The third-order valence-electron chi connectivity index (χ3n) is 10.2. The van der Waals surface area contributed by atoms with Crippen molar-refractivity contribution in [3.63, 3.8) is 0 Å². The molecule has 4 aliphatic heterocycles. The van der Waals surface area contributed by atoms with Gasteiger partial charge in [-0.2, -0.15) is 0 Å². The number of benzene rings is 2. The largest absolute Gasteiger partial charge is 0.481 e. The maximum atomic E-state index is 12.7. The molecule has 6 rings (SSSR count). The van der Waals surface area contributed by atoms with Gasteiger partial charge in [0.15, 0.2) is 0 Å². The van der Waals surface area contributed by atoms with E-state index in [0.717, 1.165) is 11.1 Å². The molecule has 0 saturated carbocycles. The summed E-state index contributed by atoms with van der Waals surface area (Å²) in [6.07, 6.45) is -1.05. The molecule has 310 valence electrons. The Hall–Kier alpha value is -5.54. The number of fused-ring (bicyclic) bond motifs is 2. The predicted molar refractivity (Wildman–Crippen MR) is 204 cm³/mol. The van der Waals surface area contributed by atoms with Crippen LogP contribution in [0.1, 0.15) is 65.5 Å². The monoisotopic (exact) mass is 794 g/mol. The van der Waals surface area contributed by atoms with E-state index in [1.54, 1.807) is 51.3 Å². The number of nitrogens with zero attached hydrogens (tertiary/aromatic N) is 4. The zero-order chi connectivity index (χ0) is 41.7. The van der Waals surface area contributed by atoms with Crippen LogP contribution in [0.15, 0.2) is 60.7 Å². The zero-order valence-corrected chi connectivity index (χ0v) is 33.6. The lowest BCUT2D eigenvalue weighted by molar-refractivity contribution is -0.146. The third kappa shape index (κ3) is 10.5. The summed E-state index contributed by atoms with van der Waals surface area (Å²) in [5, 5.41) is 9.64. The number of carboxylic acids is 1. The molecule has 4 heterocycles. The minimum Gasteiger partial charge on any atom is -0.481 e. The van der Waals surface area contributed by atoms with Gasteiger partial charge in [0.1, 0.15) is 24.4 Å². The van der Waals surface area contributed by atoms with Crippen LogP contribution in [0.25, 0.3) is 0 Å². The molecular weight excluding hydrogens is 740 g/mol. The van der Waals surface area contributed by atoms with Gasteiger partial charge in [-0.05, 0) is 65.5 Å². The molecule has 4 fully saturated rings. The van der Waals surface area contributed by atoms with E-state index in [0.29, 0.717) is 25.9 Å². The topological polar surface area (TPSA) is 182 Å². The summed E-state index contributed by atoms with van der Waals surface area (Å²) in [6.45, 7) is 11.8. The molecule has 0 unspecified atom stereocenters. The molecule has 16 heteroatoms. The number of rotatable bonds is 6. The Kier molecular flexibility index (Phi) is 13.2. The molecule has 4 aliphatic rings. The summed E-state index contributed by atoms with van der Waals surface area (Å²) in [6, 6.07) is 16.9. The van der Waals surface area contributed by atoms with Gasteiger partial charge in [-0.1, -0.05) is 60.7 Å². The second-order valence-corrected chi connectivity index (χ2v) is 16.5. The van der Waals surface area contributed by atoms with E-state index < -0.39 is 77.5 Å². The third-order valence-corrected chi connectivity index (χ3v) is 10.2. The van der Waals surface area contributed by atoms with Crippen LogP contribution in [-0.2, 0) is 46.5 Å². The van der Waals surface area contributed by atoms with Gasteiger partial charge in [0.2, 0.25) is 0 Å². The number of carboxylic acid groups (broad SMARTS) is 1. The number of likely N-dealkylation sites (tertiary alicyclic amines) is 4. The van der Waals surface area contributed by atoms with Crippen molar-refractivity contribution in [1.29, 1.82) is 0 Å². The number of ether oxygens (including phenoxy) is 5. The van der Waals surface area contributed by atoms with Crippen molar-refractivity contribution in [2.24, 2.45) is 11.8 Å². The van der Waals surface area contributed by atoms with Crippen molar-refractivity contribution in [3.05, 3.63) is 71.8 Å². The van der Waals surface area contributed by atoms with Crippen molar-refractivity contribution in [2.75, 3.05) is 33.3 Å². The van der Waals surface area contributed by atoms with E-state index in [1.165, 1.54) is 16.9 Å². The number of amides is 4. The van der Waals surface area contributed by atoms with Crippen LogP contribution < -0.4 is 0 Å². The fraction of sp³-hybridized carbons (Fsp3) is 0.561. The molecule has 4 saturated heterocycles. The Morgan fingerprint density at radius 2 is 0.982 bits per heavy atom. The summed E-state index contributed by atoms with van der Waals surface area (Å²) >= 11 is 0. The van der Waals surface area contributed by atoms with Crippen LogP contribution >= 0.6 is 0 Å². The maximum absolute atomic E-state index is 12.7. The SMILES string of the molecule is CC(C)(C)OC(=O)N1CC[C@@H]2[C@H]1[C@@H](C(=O)O)CN2C(=O)OCc1ccccc1.COC(=O)[C@@H]1CN(C(=O)OCc2ccccc2)[C@@H]2CCN(C(=O)OC(C)(C)C)[C@@H]21. The Morgan fingerprint density at radius 3 is 1.35 bits per heavy atom. The number of hydrogen-bond acceptors (Lipinski definition) is 11. The van der Waals surface area contributed by atoms with Gasteiger partial charge < -0.3 is 48.4 Å². The number of aliphatic carboxylic acids is 1. The Morgan fingerprint density at radius 1 is 0.596 bits per heavy atom. The number of hydrogen-bond donors (Lipinski definition) is 1. The zero-order valence-electron chi connectivity index (χ0n) is 33.6. The number of carbonyl (C=O) groups is 6. The lowest BCUT2D eigenvalue weighted by Gasteiger charge is -2.30. The maximum Gasteiger partial charge on any atom is 0.410 e. The first-order valence-corrected chi connectivity index (χ1v) is 19.1. The second-order valence-electron chi connectivity index (χ2n) is 16.5. The second kappa shape index (κ2) is 17.7. The lowest BCUT2D eigenvalue weighted by Crippen LogP contribution is -2.47. The average Bonchev–Trinajstić information content (AvgIpc) is 3.94. The fourth-order valence-electron chi connectivity index (χ4n) is 7.84. The smallest absolute Gasteiger partial charge is 0.410 e. The highest BCUT2D eigenvalue weighted by molar-refractivity contribution is 5.80. The van der Waals surface area contributed by atoms with Crippen LogP contribution in [0.3, 0.4) is 0 Å². The molecule has 1 N–H and O–H groups in total. The molecule has 0 aromatic heterocycles. The summed E-state index contributed by atoms with van der Waals surface area (Å²) < 4.78 is 26.7. The fourth-order valence-corrected chi connectivity index (χ4v) is 7.84. The van der Waals surface area contributed by atoms with Gasteiger partial charge in [0.05, 0.1) is 43.1 Å². The van der Waals surface area contributed by atoms with Crippen molar-refractivity contribution in [1.82, 2.24) is 19.6 Å². The van der Waals surface area contributed by atoms with Gasteiger partial charge in [-0.15, -0.1) is 0 Å². The van der Waals surface area contributed by atoms with Gasteiger partial charge in [0.25, 0.3) is 0 Å². The average molecular weight is 795 g/mol. The van der Waals surface area contributed by atoms with E-state index in [2.05, 4.69) is 0 Å². The number of carbonyl (C=O) groups excluding carboxylic acids is 5. The molecule has 16 nitrogen and oxygen atoms in total. The van der Waals surface area contributed by atoms with Crippen molar-refractivity contribution >= 4 is 36.3 Å². The Bertz CT molecular complexity index is 1760. The molecule has 6 atom stereocenters. The van der Waals surface area contributed by atoms with E-state index in [9.17, 15) is 33.9 Å². The molecule has 0 bridgehead atoms. The minimum absolute atomic E-state index is 0.0115. The van der Waals surface area contributed by atoms with Crippen molar-refractivity contribution in [2.45, 2.75) is 103 Å². The molecule has 4 amide bonds. The molecule has 0 aliphatic carbocycles. The van der Waals surface area contributed by atoms with Crippen LogP contribution in [0, 0.1) is 11.8 Å². The first-order valence-electron chi connectivity index (χ1n) is 19.1. The van der Waals surface area contributed by atoms with E-state index >= 15 is 0 Å². The molecule has 2 aromatic carbocycles.